The molecular weight excluding hydrogens is 236 g/mol. The van der Waals surface area contributed by atoms with Crippen LogP contribution in [0.15, 0.2) is 18.5 Å². The van der Waals surface area contributed by atoms with Crippen LogP contribution in [0.3, 0.4) is 0 Å². The van der Waals surface area contributed by atoms with Crippen LogP contribution in [0.2, 0.25) is 0 Å². The molecule has 1 N–H and O–H groups in total. The lowest BCUT2D eigenvalue weighted by molar-refractivity contribution is 0.345. The van der Waals surface area contributed by atoms with Crippen LogP contribution in [0.5, 0.6) is 0 Å². The van der Waals surface area contributed by atoms with E-state index in [1.807, 2.05) is 18.5 Å². The van der Waals surface area contributed by atoms with E-state index >= 15 is 0 Å². The van der Waals surface area contributed by atoms with Crippen molar-refractivity contribution in [2.45, 2.75) is 58.0 Å². The zero-order chi connectivity index (χ0) is 13.5. The summed E-state index contributed by atoms with van der Waals surface area (Å²) in [6.45, 7) is 6.66. The lowest BCUT2D eigenvalue weighted by Gasteiger charge is -2.34. The summed E-state index contributed by atoms with van der Waals surface area (Å²) in [7, 11) is 0. The quantitative estimate of drug-likeness (QED) is 0.855. The van der Waals surface area contributed by atoms with Crippen LogP contribution in [0, 0.1) is 0 Å². The summed E-state index contributed by atoms with van der Waals surface area (Å²) in [5, 5.41) is 3.81. The molecule has 19 heavy (non-hydrogen) atoms. The minimum atomic E-state index is 0.663. The minimum Gasteiger partial charge on any atom is -0.341 e. The van der Waals surface area contributed by atoms with Crippen molar-refractivity contribution in [3.05, 3.63) is 18.5 Å². The second-order valence-corrected chi connectivity index (χ2v) is 5.37. The molecule has 1 aliphatic heterocycles. The number of hydrogen-bond donors (Lipinski definition) is 1. The molecule has 4 nitrogen and oxygen atoms in total. The van der Waals surface area contributed by atoms with Crippen molar-refractivity contribution in [2.24, 2.45) is 0 Å². The molecule has 0 aromatic carbocycles. The van der Waals surface area contributed by atoms with Gasteiger partial charge in [-0.3, -0.25) is 0 Å². The van der Waals surface area contributed by atoms with Gasteiger partial charge in [0.2, 0.25) is 5.95 Å². The summed E-state index contributed by atoms with van der Waals surface area (Å²) in [5.41, 5.74) is 0. The molecular formula is C15H26N4. The molecule has 2 heterocycles. The Balaban J connectivity index is 1.79. The molecule has 1 aromatic rings. The number of piperidine rings is 1. The average Bonchev–Trinajstić information content (AvgIpc) is 2.48. The van der Waals surface area contributed by atoms with Crippen molar-refractivity contribution < 1.29 is 0 Å². The molecule has 0 spiro atoms. The van der Waals surface area contributed by atoms with Gasteiger partial charge < -0.3 is 10.2 Å². The predicted molar refractivity (Wildman–Crippen MR) is 79.4 cm³/mol. The lowest BCUT2D eigenvalue weighted by Crippen LogP contribution is -2.46. The van der Waals surface area contributed by atoms with Crippen molar-refractivity contribution in [1.82, 2.24) is 15.3 Å². The Morgan fingerprint density at radius 1 is 1.26 bits per heavy atom. The van der Waals surface area contributed by atoms with Crippen molar-refractivity contribution >= 4 is 5.95 Å². The molecule has 1 unspecified atom stereocenters. The van der Waals surface area contributed by atoms with E-state index in [0.29, 0.717) is 12.1 Å². The topological polar surface area (TPSA) is 41.0 Å². The third-order valence-electron chi connectivity index (χ3n) is 3.93. The van der Waals surface area contributed by atoms with E-state index in [0.717, 1.165) is 19.0 Å². The van der Waals surface area contributed by atoms with Gasteiger partial charge in [-0.25, -0.2) is 9.97 Å². The summed E-state index contributed by atoms with van der Waals surface area (Å²) in [6, 6.07) is 3.22. The molecule has 1 aromatic heterocycles. The Hall–Kier alpha value is -1.16. The zero-order valence-electron chi connectivity index (χ0n) is 12.2. The van der Waals surface area contributed by atoms with Gasteiger partial charge in [0.25, 0.3) is 0 Å². The van der Waals surface area contributed by atoms with Crippen LogP contribution in [-0.2, 0) is 0 Å². The number of hydrogen-bond acceptors (Lipinski definition) is 4. The molecule has 1 fully saturated rings. The van der Waals surface area contributed by atoms with Gasteiger partial charge in [-0.15, -0.1) is 0 Å². The summed E-state index contributed by atoms with van der Waals surface area (Å²) >= 11 is 0. The molecule has 0 bridgehead atoms. The summed E-state index contributed by atoms with van der Waals surface area (Å²) in [6.07, 6.45) is 9.82. The second kappa shape index (κ2) is 7.43. The molecule has 0 saturated carbocycles. The zero-order valence-corrected chi connectivity index (χ0v) is 12.2. The molecule has 1 saturated heterocycles. The van der Waals surface area contributed by atoms with Gasteiger partial charge in [-0.2, -0.15) is 0 Å². The van der Waals surface area contributed by atoms with E-state index in [1.165, 1.54) is 32.1 Å². The predicted octanol–water partition coefficient (Wildman–Crippen LogP) is 2.61. The molecule has 106 valence electrons. The van der Waals surface area contributed by atoms with E-state index in [4.69, 9.17) is 0 Å². The normalized spacial score (nSPS) is 18.5. The van der Waals surface area contributed by atoms with Crippen LogP contribution in [0.1, 0.15) is 46.0 Å². The van der Waals surface area contributed by atoms with Gasteiger partial charge in [0.1, 0.15) is 0 Å². The fraction of sp³-hybridized carbons (Fsp3) is 0.733. The Kier molecular flexibility index (Phi) is 5.58. The smallest absolute Gasteiger partial charge is 0.225 e. The molecule has 1 aliphatic rings. The summed E-state index contributed by atoms with van der Waals surface area (Å²) < 4.78 is 0. The SMILES string of the molecule is CCCC(CC)NC1CCN(c2ncccn2)CC1. The fourth-order valence-electron chi connectivity index (χ4n) is 2.79. The third-order valence-corrected chi connectivity index (χ3v) is 3.93. The summed E-state index contributed by atoms with van der Waals surface area (Å²) in [5.74, 6) is 0.876. The van der Waals surface area contributed by atoms with E-state index < -0.39 is 0 Å². The standard InChI is InChI=1S/C15H26N4/c1-3-6-13(4-2)18-14-7-11-19(12-8-14)15-16-9-5-10-17-15/h5,9-10,13-14,18H,3-4,6-8,11-12H2,1-2H3. The van der Waals surface area contributed by atoms with E-state index in [-0.39, 0.29) is 0 Å². The van der Waals surface area contributed by atoms with Gasteiger partial charge >= 0.3 is 0 Å². The maximum atomic E-state index is 4.33. The van der Waals surface area contributed by atoms with Crippen LogP contribution < -0.4 is 10.2 Å². The summed E-state index contributed by atoms with van der Waals surface area (Å²) in [4.78, 5) is 10.9. The first-order valence-corrected chi connectivity index (χ1v) is 7.61. The first-order valence-electron chi connectivity index (χ1n) is 7.61. The Bertz CT molecular complexity index is 346. The van der Waals surface area contributed by atoms with Crippen molar-refractivity contribution in [1.29, 1.82) is 0 Å². The highest BCUT2D eigenvalue weighted by atomic mass is 15.3. The fourth-order valence-corrected chi connectivity index (χ4v) is 2.79. The molecule has 4 heteroatoms. The number of nitrogens with zero attached hydrogens (tertiary/aromatic N) is 3. The Labute approximate surface area is 116 Å². The molecule has 0 radical (unpaired) electrons. The number of nitrogens with one attached hydrogen (secondary N) is 1. The second-order valence-electron chi connectivity index (χ2n) is 5.37. The highest BCUT2D eigenvalue weighted by Crippen LogP contribution is 2.16. The number of anilines is 1. The van der Waals surface area contributed by atoms with Crippen LogP contribution in [0.4, 0.5) is 5.95 Å². The molecule has 1 atom stereocenters. The monoisotopic (exact) mass is 262 g/mol. The minimum absolute atomic E-state index is 0.663. The molecule has 0 amide bonds. The lowest BCUT2D eigenvalue weighted by atomic mass is 10.0. The van der Waals surface area contributed by atoms with Gasteiger partial charge in [-0.05, 0) is 31.7 Å². The van der Waals surface area contributed by atoms with Gasteiger partial charge in [0, 0.05) is 37.6 Å². The van der Waals surface area contributed by atoms with Crippen LogP contribution >= 0.6 is 0 Å². The highest BCUT2D eigenvalue weighted by Gasteiger charge is 2.22. The Morgan fingerprint density at radius 2 is 1.95 bits per heavy atom. The van der Waals surface area contributed by atoms with E-state index in [9.17, 15) is 0 Å². The van der Waals surface area contributed by atoms with Crippen molar-refractivity contribution in [3.8, 4) is 0 Å². The van der Waals surface area contributed by atoms with E-state index in [2.05, 4.69) is 34.0 Å². The van der Waals surface area contributed by atoms with Crippen LogP contribution in [-0.4, -0.2) is 35.1 Å². The molecule has 0 aliphatic carbocycles. The first kappa shape index (κ1) is 14.3. The largest absolute Gasteiger partial charge is 0.341 e. The van der Waals surface area contributed by atoms with Gasteiger partial charge in [0.15, 0.2) is 0 Å². The van der Waals surface area contributed by atoms with E-state index in [1.54, 1.807) is 0 Å². The number of aromatic nitrogens is 2. The maximum Gasteiger partial charge on any atom is 0.225 e. The average molecular weight is 262 g/mol. The van der Waals surface area contributed by atoms with Crippen molar-refractivity contribution in [2.75, 3.05) is 18.0 Å². The maximum absolute atomic E-state index is 4.33. The third kappa shape index (κ3) is 4.16. The van der Waals surface area contributed by atoms with Gasteiger partial charge in [0.05, 0.1) is 0 Å². The number of rotatable bonds is 6. The van der Waals surface area contributed by atoms with Crippen molar-refractivity contribution in [3.63, 3.8) is 0 Å². The molecule has 2 rings (SSSR count). The van der Waals surface area contributed by atoms with Crippen LogP contribution in [0.25, 0.3) is 0 Å². The highest BCUT2D eigenvalue weighted by molar-refractivity contribution is 5.29. The first-order chi connectivity index (χ1) is 9.33. The Morgan fingerprint density at radius 3 is 2.53 bits per heavy atom. The van der Waals surface area contributed by atoms with Gasteiger partial charge in [-0.1, -0.05) is 20.3 Å².